The molecule has 19 heavy (non-hydrogen) atoms. The lowest BCUT2D eigenvalue weighted by Gasteiger charge is -2.05. The largest absolute Gasteiger partial charge is 0.550 e. The highest BCUT2D eigenvalue weighted by Gasteiger charge is 2.15. The Morgan fingerprint density at radius 3 is 2.68 bits per heavy atom. The van der Waals surface area contributed by atoms with Crippen molar-refractivity contribution in [3.8, 4) is 0 Å². The van der Waals surface area contributed by atoms with E-state index in [2.05, 4.69) is 35.4 Å². The van der Waals surface area contributed by atoms with Crippen LogP contribution in [0.2, 0.25) is 0 Å². The van der Waals surface area contributed by atoms with E-state index in [4.69, 9.17) is 0 Å². The second-order valence-electron chi connectivity index (χ2n) is 4.98. The van der Waals surface area contributed by atoms with Gasteiger partial charge in [0.2, 0.25) is 0 Å². The molecule has 1 heterocycles. The Kier molecular flexibility index (Phi) is 7.23. The molecule has 0 aliphatic heterocycles. The summed E-state index contributed by atoms with van der Waals surface area (Å²) in [5.41, 5.74) is 0. The van der Waals surface area contributed by atoms with Crippen LogP contribution in [0.25, 0.3) is 0 Å². The second-order valence-corrected chi connectivity index (χ2v) is 4.98. The van der Waals surface area contributed by atoms with Crippen LogP contribution in [0, 0.1) is 0 Å². The Hall–Kier alpha value is -1.32. The Labute approximate surface area is 116 Å². The van der Waals surface area contributed by atoms with Crippen molar-refractivity contribution in [2.45, 2.75) is 71.9 Å². The average Bonchev–Trinajstić information content (AvgIpc) is 2.77. The summed E-state index contributed by atoms with van der Waals surface area (Å²) in [5.74, 6) is 0.358. The van der Waals surface area contributed by atoms with Gasteiger partial charge in [0, 0.05) is 12.4 Å². The first kappa shape index (κ1) is 15.7. The number of rotatable bonds is 10. The summed E-state index contributed by atoms with van der Waals surface area (Å²) in [5, 5.41) is 10.5. The molecule has 0 aliphatic carbocycles. The van der Waals surface area contributed by atoms with E-state index in [9.17, 15) is 9.90 Å². The molecule has 1 aromatic rings. The van der Waals surface area contributed by atoms with Crippen molar-refractivity contribution >= 4 is 5.97 Å². The van der Waals surface area contributed by atoms with Crippen LogP contribution in [-0.4, -0.2) is 10.5 Å². The fourth-order valence-electron chi connectivity index (χ4n) is 2.38. The molecule has 0 saturated carbocycles. The standard InChI is InChI=1S/C15H26N2O2/c1-3-5-6-7-9-14-16(4-2)12-13-17(14)11-8-10-15(18)19/h12-13H,3-11H2,1-2H3. The number of aromatic nitrogens is 2. The predicted octanol–water partition coefficient (Wildman–Crippen LogP) is 1.45. The normalized spacial score (nSPS) is 10.8. The minimum atomic E-state index is -0.958. The van der Waals surface area contributed by atoms with Crippen molar-refractivity contribution in [2.24, 2.45) is 0 Å². The van der Waals surface area contributed by atoms with Gasteiger partial charge in [0.15, 0.2) is 0 Å². The van der Waals surface area contributed by atoms with E-state index in [0.717, 1.165) is 19.5 Å². The van der Waals surface area contributed by atoms with E-state index in [1.807, 2.05) is 0 Å². The fraction of sp³-hybridized carbons (Fsp3) is 0.733. The summed E-state index contributed by atoms with van der Waals surface area (Å²) < 4.78 is 4.45. The lowest BCUT2D eigenvalue weighted by Crippen LogP contribution is -2.38. The number of unbranched alkanes of at least 4 members (excludes halogenated alkanes) is 3. The molecule has 0 aliphatic rings. The number of aryl methyl sites for hydroxylation is 2. The summed E-state index contributed by atoms with van der Waals surface area (Å²) in [6.45, 7) is 6.09. The molecule has 0 fully saturated rings. The third kappa shape index (κ3) is 5.45. The van der Waals surface area contributed by atoms with Crippen molar-refractivity contribution in [3.05, 3.63) is 18.2 Å². The second kappa shape index (κ2) is 8.73. The quantitative estimate of drug-likeness (QED) is 0.475. The number of carboxylic acids is 1. The minimum absolute atomic E-state index is 0.138. The maximum Gasteiger partial charge on any atom is 0.256 e. The SMILES string of the molecule is CCCCCCc1n(CC)cc[n+]1CCCC(=O)[O-]. The number of aliphatic carboxylic acids is 1. The van der Waals surface area contributed by atoms with Crippen LogP contribution in [0.15, 0.2) is 12.4 Å². The van der Waals surface area contributed by atoms with Crippen LogP contribution in [-0.2, 0) is 24.3 Å². The molecule has 1 aromatic heterocycles. The summed E-state index contributed by atoms with van der Waals surface area (Å²) in [7, 11) is 0. The van der Waals surface area contributed by atoms with E-state index >= 15 is 0 Å². The number of carbonyl (C=O) groups excluding carboxylic acids is 1. The number of carboxylic acid groups (broad SMARTS) is 1. The van der Waals surface area contributed by atoms with Gasteiger partial charge in [-0.1, -0.05) is 26.2 Å². The molecule has 1 rings (SSSR count). The highest BCUT2D eigenvalue weighted by atomic mass is 16.4. The van der Waals surface area contributed by atoms with Gasteiger partial charge in [-0.15, -0.1) is 0 Å². The molecule has 0 spiro atoms. The lowest BCUT2D eigenvalue weighted by atomic mass is 10.1. The molecule has 0 atom stereocenters. The molecule has 0 unspecified atom stereocenters. The summed E-state index contributed by atoms with van der Waals surface area (Å²) >= 11 is 0. The Morgan fingerprint density at radius 1 is 1.26 bits per heavy atom. The van der Waals surface area contributed by atoms with E-state index < -0.39 is 5.97 Å². The van der Waals surface area contributed by atoms with Gasteiger partial charge in [-0.2, -0.15) is 0 Å². The summed E-state index contributed by atoms with van der Waals surface area (Å²) in [6, 6.07) is 0. The number of imidazole rings is 1. The van der Waals surface area contributed by atoms with Crippen LogP contribution >= 0.6 is 0 Å². The third-order valence-corrected chi connectivity index (χ3v) is 3.46. The van der Waals surface area contributed by atoms with Crippen molar-refractivity contribution < 1.29 is 14.5 Å². The maximum atomic E-state index is 10.5. The van der Waals surface area contributed by atoms with Crippen molar-refractivity contribution in [3.63, 3.8) is 0 Å². The lowest BCUT2D eigenvalue weighted by molar-refractivity contribution is -0.704. The van der Waals surface area contributed by atoms with E-state index in [1.165, 1.54) is 31.5 Å². The zero-order valence-electron chi connectivity index (χ0n) is 12.2. The molecule has 0 radical (unpaired) electrons. The van der Waals surface area contributed by atoms with Gasteiger partial charge in [-0.25, -0.2) is 9.13 Å². The van der Waals surface area contributed by atoms with Gasteiger partial charge in [0.05, 0.1) is 13.1 Å². The molecule has 4 heteroatoms. The number of hydrogen-bond donors (Lipinski definition) is 0. The molecule has 0 N–H and O–H groups in total. The van der Waals surface area contributed by atoms with Gasteiger partial charge in [0.25, 0.3) is 5.82 Å². The zero-order valence-corrected chi connectivity index (χ0v) is 12.2. The van der Waals surface area contributed by atoms with Crippen molar-refractivity contribution in [2.75, 3.05) is 0 Å². The van der Waals surface area contributed by atoms with E-state index in [1.54, 1.807) is 0 Å². The molecule has 0 saturated heterocycles. The molecular weight excluding hydrogens is 240 g/mol. The van der Waals surface area contributed by atoms with Gasteiger partial charge in [-0.3, -0.25) is 0 Å². The minimum Gasteiger partial charge on any atom is -0.550 e. The Morgan fingerprint density at radius 2 is 2.05 bits per heavy atom. The van der Waals surface area contributed by atoms with Gasteiger partial charge < -0.3 is 9.90 Å². The first-order chi connectivity index (χ1) is 9.19. The zero-order chi connectivity index (χ0) is 14.1. The van der Waals surface area contributed by atoms with Crippen LogP contribution < -0.4 is 9.67 Å². The van der Waals surface area contributed by atoms with Crippen LogP contribution in [0.1, 0.15) is 58.2 Å². The van der Waals surface area contributed by atoms with Crippen LogP contribution in [0.3, 0.4) is 0 Å². The van der Waals surface area contributed by atoms with Crippen LogP contribution in [0.4, 0.5) is 0 Å². The van der Waals surface area contributed by atoms with Gasteiger partial charge in [-0.05, 0) is 26.2 Å². The van der Waals surface area contributed by atoms with Gasteiger partial charge >= 0.3 is 0 Å². The predicted molar refractivity (Wildman–Crippen MR) is 72.4 cm³/mol. The summed E-state index contributed by atoms with van der Waals surface area (Å²) in [6.07, 6.45) is 11.0. The molecule has 0 aromatic carbocycles. The monoisotopic (exact) mass is 266 g/mol. The van der Waals surface area contributed by atoms with E-state index in [-0.39, 0.29) is 6.42 Å². The molecule has 108 valence electrons. The molecule has 0 amide bonds. The molecule has 4 nitrogen and oxygen atoms in total. The highest BCUT2D eigenvalue weighted by Crippen LogP contribution is 2.06. The maximum absolute atomic E-state index is 10.5. The smallest absolute Gasteiger partial charge is 0.256 e. The highest BCUT2D eigenvalue weighted by molar-refractivity contribution is 5.63. The van der Waals surface area contributed by atoms with Crippen molar-refractivity contribution in [1.82, 2.24) is 4.57 Å². The van der Waals surface area contributed by atoms with Gasteiger partial charge in [0.1, 0.15) is 12.4 Å². The Bertz CT molecular complexity index is 385. The molecular formula is C15H26N2O2. The van der Waals surface area contributed by atoms with E-state index in [0.29, 0.717) is 6.42 Å². The molecule has 0 bridgehead atoms. The van der Waals surface area contributed by atoms with Crippen LogP contribution in [0.5, 0.6) is 0 Å². The topological polar surface area (TPSA) is 48.9 Å². The fourth-order valence-corrected chi connectivity index (χ4v) is 2.38. The summed E-state index contributed by atoms with van der Waals surface area (Å²) in [4.78, 5) is 10.5. The Balaban J connectivity index is 2.54. The number of carbonyl (C=O) groups is 1. The third-order valence-electron chi connectivity index (χ3n) is 3.46. The number of hydrogen-bond acceptors (Lipinski definition) is 2. The average molecular weight is 266 g/mol. The van der Waals surface area contributed by atoms with Crippen molar-refractivity contribution in [1.29, 1.82) is 0 Å². The first-order valence-electron chi connectivity index (χ1n) is 7.46. The number of nitrogens with zero attached hydrogens (tertiary/aromatic N) is 2. The first-order valence-corrected chi connectivity index (χ1v) is 7.46.